The molecule has 0 aliphatic carbocycles. The number of benzene rings is 1. The topological polar surface area (TPSA) is 70.7 Å². The van der Waals surface area contributed by atoms with Gasteiger partial charge >= 0.3 is 0 Å². The second kappa shape index (κ2) is 6.65. The van der Waals surface area contributed by atoms with E-state index in [1.54, 1.807) is 0 Å². The van der Waals surface area contributed by atoms with E-state index in [0.717, 1.165) is 28.7 Å². The maximum absolute atomic E-state index is 12.1. The SMILES string of the molecule is CCCc1nc(C(=O)NC(C)c2cccc(Br)c2)n[nH]1. The van der Waals surface area contributed by atoms with Crippen LogP contribution in [0.5, 0.6) is 0 Å². The standard InChI is InChI=1S/C14H17BrN4O/c1-3-5-12-17-13(19-18-12)14(20)16-9(2)10-6-4-7-11(15)8-10/h4,6-9H,3,5H2,1-2H3,(H,16,20)(H,17,18,19). The Kier molecular flexibility index (Phi) is 4.89. The van der Waals surface area contributed by atoms with Crippen molar-refractivity contribution < 1.29 is 4.79 Å². The highest BCUT2D eigenvalue weighted by Crippen LogP contribution is 2.18. The number of nitrogens with one attached hydrogen (secondary N) is 2. The molecule has 2 rings (SSSR count). The summed E-state index contributed by atoms with van der Waals surface area (Å²) in [4.78, 5) is 16.2. The Morgan fingerprint density at radius 2 is 2.30 bits per heavy atom. The molecular formula is C14H17BrN4O. The minimum Gasteiger partial charge on any atom is -0.343 e. The lowest BCUT2D eigenvalue weighted by Gasteiger charge is -2.13. The highest BCUT2D eigenvalue weighted by Gasteiger charge is 2.15. The molecule has 0 aliphatic heterocycles. The smallest absolute Gasteiger partial charge is 0.291 e. The van der Waals surface area contributed by atoms with Gasteiger partial charge in [0.2, 0.25) is 5.82 Å². The predicted molar refractivity (Wildman–Crippen MR) is 80.4 cm³/mol. The van der Waals surface area contributed by atoms with Gasteiger partial charge in [-0.3, -0.25) is 9.89 Å². The van der Waals surface area contributed by atoms with Crippen LogP contribution in [0, 0.1) is 0 Å². The third kappa shape index (κ3) is 3.66. The van der Waals surface area contributed by atoms with Crippen LogP contribution in [-0.4, -0.2) is 21.1 Å². The molecule has 20 heavy (non-hydrogen) atoms. The Morgan fingerprint density at radius 1 is 1.50 bits per heavy atom. The van der Waals surface area contributed by atoms with Crippen LogP contribution in [0.15, 0.2) is 28.7 Å². The number of aromatic amines is 1. The fourth-order valence-electron chi connectivity index (χ4n) is 1.87. The van der Waals surface area contributed by atoms with Crippen molar-refractivity contribution in [3.05, 3.63) is 46.0 Å². The minimum absolute atomic E-state index is 0.104. The van der Waals surface area contributed by atoms with E-state index in [9.17, 15) is 4.79 Å². The summed E-state index contributed by atoms with van der Waals surface area (Å²) >= 11 is 3.42. The molecule has 6 heteroatoms. The van der Waals surface area contributed by atoms with E-state index in [0.29, 0.717) is 0 Å². The van der Waals surface area contributed by atoms with Gasteiger partial charge in [0, 0.05) is 10.9 Å². The number of rotatable bonds is 5. The van der Waals surface area contributed by atoms with Crippen LogP contribution >= 0.6 is 15.9 Å². The van der Waals surface area contributed by atoms with Gasteiger partial charge in [-0.15, -0.1) is 5.10 Å². The van der Waals surface area contributed by atoms with Crippen molar-refractivity contribution in [3.63, 3.8) is 0 Å². The molecule has 0 radical (unpaired) electrons. The van der Waals surface area contributed by atoms with E-state index in [1.165, 1.54) is 0 Å². The van der Waals surface area contributed by atoms with Gasteiger partial charge < -0.3 is 5.32 Å². The Hall–Kier alpha value is -1.69. The van der Waals surface area contributed by atoms with Gasteiger partial charge in [0.15, 0.2) is 0 Å². The van der Waals surface area contributed by atoms with E-state index in [-0.39, 0.29) is 17.8 Å². The zero-order chi connectivity index (χ0) is 14.5. The zero-order valence-corrected chi connectivity index (χ0v) is 13.1. The van der Waals surface area contributed by atoms with Crippen molar-refractivity contribution in [2.24, 2.45) is 0 Å². The summed E-state index contributed by atoms with van der Waals surface area (Å²) < 4.78 is 0.985. The Bertz CT molecular complexity index is 596. The van der Waals surface area contributed by atoms with Crippen molar-refractivity contribution in [2.75, 3.05) is 0 Å². The van der Waals surface area contributed by atoms with Crippen LogP contribution in [0.25, 0.3) is 0 Å². The number of aryl methyl sites for hydroxylation is 1. The third-order valence-corrected chi connectivity index (χ3v) is 3.41. The first-order valence-corrected chi connectivity index (χ1v) is 7.37. The number of amides is 1. The molecule has 1 aromatic carbocycles. The van der Waals surface area contributed by atoms with Crippen molar-refractivity contribution in [3.8, 4) is 0 Å². The number of aromatic nitrogens is 3. The van der Waals surface area contributed by atoms with E-state index >= 15 is 0 Å². The van der Waals surface area contributed by atoms with E-state index in [4.69, 9.17) is 0 Å². The van der Waals surface area contributed by atoms with Crippen molar-refractivity contribution in [2.45, 2.75) is 32.7 Å². The molecule has 0 saturated heterocycles. The predicted octanol–water partition coefficient (Wildman–Crippen LogP) is 3.01. The van der Waals surface area contributed by atoms with Gasteiger partial charge in [-0.1, -0.05) is 35.0 Å². The molecule has 0 aliphatic rings. The molecule has 1 heterocycles. The molecule has 1 aromatic heterocycles. The first-order chi connectivity index (χ1) is 9.60. The lowest BCUT2D eigenvalue weighted by molar-refractivity contribution is 0.0929. The van der Waals surface area contributed by atoms with E-state index < -0.39 is 0 Å². The number of carbonyl (C=O) groups excluding carboxylic acids is 1. The molecule has 0 fully saturated rings. The van der Waals surface area contributed by atoms with E-state index in [1.807, 2.05) is 31.2 Å². The van der Waals surface area contributed by atoms with Gasteiger partial charge in [0.25, 0.3) is 5.91 Å². The van der Waals surface area contributed by atoms with Gasteiger partial charge in [-0.05, 0) is 31.0 Å². The third-order valence-electron chi connectivity index (χ3n) is 2.92. The number of hydrogen-bond acceptors (Lipinski definition) is 3. The average Bonchev–Trinajstić information content (AvgIpc) is 2.88. The van der Waals surface area contributed by atoms with Crippen LogP contribution < -0.4 is 5.32 Å². The lowest BCUT2D eigenvalue weighted by atomic mass is 10.1. The monoisotopic (exact) mass is 336 g/mol. The summed E-state index contributed by atoms with van der Waals surface area (Å²) in [7, 11) is 0. The number of halogens is 1. The molecule has 106 valence electrons. The number of carbonyl (C=O) groups is 1. The summed E-state index contributed by atoms with van der Waals surface area (Å²) in [6.45, 7) is 3.98. The molecule has 0 bridgehead atoms. The van der Waals surface area contributed by atoms with Crippen LogP contribution in [0.3, 0.4) is 0 Å². The normalized spacial score (nSPS) is 12.2. The zero-order valence-electron chi connectivity index (χ0n) is 11.5. The Morgan fingerprint density at radius 3 is 3.00 bits per heavy atom. The van der Waals surface area contributed by atoms with Gasteiger partial charge in [-0.2, -0.15) is 0 Å². The molecule has 2 aromatic rings. The number of hydrogen-bond donors (Lipinski definition) is 2. The number of H-pyrrole nitrogens is 1. The van der Waals surface area contributed by atoms with Gasteiger partial charge in [0.05, 0.1) is 6.04 Å². The van der Waals surface area contributed by atoms with Crippen LogP contribution in [-0.2, 0) is 6.42 Å². The van der Waals surface area contributed by atoms with Gasteiger partial charge in [-0.25, -0.2) is 4.98 Å². The van der Waals surface area contributed by atoms with Crippen molar-refractivity contribution in [1.29, 1.82) is 0 Å². The van der Waals surface area contributed by atoms with Crippen molar-refractivity contribution in [1.82, 2.24) is 20.5 Å². The van der Waals surface area contributed by atoms with Crippen molar-refractivity contribution >= 4 is 21.8 Å². The maximum Gasteiger partial charge on any atom is 0.291 e. The Labute approximate surface area is 126 Å². The Balaban J connectivity index is 2.03. The summed E-state index contributed by atoms with van der Waals surface area (Å²) in [5.74, 6) is 0.666. The summed E-state index contributed by atoms with van der Waals surface area (Å²) in [5.41, 5.74) is 1.03. The lowest BCUT2D eigenvalue weighted by Crippen LogP contribution is -2.27. The molecule has 5 nitrogen and oxygen atoms in total. The fourth-order valence-corrected chi connectivity index (χ4v) is 2.28. The molecule has 2 N–H and O–H groups in total. The quantitative estimate of drug-likeness (QED) is 0.881. The largest absolute Gasteiger partial charge is 0.343 e. The average molecular weight is 337 g/mol. The maximum atomic E-state index is 12.1. The second-order valence-electron chi connectivity index (χ2n) is 4.61. The number of nitrogens with zero attached hydrogens (tertiary/aromatic N) is 2. The molecule has 0 spiro atoms. The molecule has 1 atom stereocenters. The summed E-state index contributed by atoms with van der Waals surface area (Å²) in [6, 6.07) is 7.73. The van der Waals surface area contributed by atoms with E-state index in [2.05, 4.69) is 43.4 Å². The van der Waals surface area contributed by atoms with Crippen LogP contribution in [0.2, 0.25) is 0 Å². The van der Waals surface area contributed by atoms with Crippen LogP contribution in [0.4, 0.5) is 0 Å². The molecule has 1 amide bonds. The van der Waals surface area contributed by atoms with Gasteiger partial charge in [0.1, 0.15) is 5.82 Å². The first kappa shape index (κ1) is 14.7. The summed E-state index contributed by atoms with van der Waals surface area (Å²) in [5, 5.41) is 9.61. The highest BCUT2D eigenvalue weighted by molar-refractivity contribution is 9.10. The van der Waals surface area contributed by atoms with Crippen LogP contribution in [0.1, 0.15) is 48.3 Å². The molecular weight excluding hydrogens is 320 g/mol. The second-order valence-corrected chi connectivity index (χ2v) is 5.52. The fraction of sp³-hybridized carbons (Fsp3) is 0.357. The first-order valence-electron chi connectivity index (χ1n) is 6.57. The molecule has 0 saturated carbocycles. The minimum atomic E-state index is -0.268. The summed E-state index contributed by atoms with van der Waals surface area (Å²) in [6.07, 6.45) is 1.76. The molecule has 1 unspecified atom stereocenters. The highest BCUT2D eigenvalue weighted by atomic mass is 79.9.